The highest BCUT2D eigenvalue weighted by molar-refractivity contribution is 7.12. The van der Waals surface area contributed by atoms with Crippen LogP contribution in [-0.2, 0) is 6.54 Å². The maximum Gasteiger partial charge on any atom is 0.284 e. The molecule has 2 aromatic heterocycles. The molecule has 3 aromatic rings. The number of carbonyl (C=O) groups is 1. The number of nitrogens with one attached hydrogen (secondary N) is 1. The quantitative estimate of drug-likeness (QED) is 0.772. The predicted octanol–water partition coefficient (Wildman–Crippen LogP) is 3.63. The van der Waals surface area contributed by atoms with Crippen molar-refractivity contribution in [3.63, 3.8) is 0 Å². The summed E-state index contributed by atoms with van der Waals surface area (Å²) in [5.41, 5.74) is 2.27. The van der Waals surface area contributed by atoms with Crippen LogP contribution in [0.1, 0.15) is 23.1 Å². The Morgan fingerprint density at radius 2 is 2.00 bits per heavy atom. The van der Waals surface area contributed by atoms with E-state index in [4.69, 9.17) is 0 Å². The number of nitrogens with zero attached hydrogens (tertiary/aromatic N) is 2. The van der Waals surface area contributed by atoms with Crippen LogP contribution in [-0.4, -0.2) is 15.5 Å². The fourth-order valence-electron chi connectivity index (χ4n) is 2.33. The number of hydrogen-bond donors (Lipinski definition) is 1. The number of anilines is 1. The number of thiazole rings is 1. The minimum Gasteiger partial charge on any atom is -0.319 e. The molecule has 122 valence electrons. The van der Waals surface area contributed by atoms with E-state index in [1.165, 1.54) is 17.4 Å². The molecule has 0 saturated heterocycles. The molecular formula is C18H17N3O2S. The second-order valence-corrected chi connectivity index (χ2v) is 6.17. The van der Waals surface area contributed by atoms with E-state index in [1.54, 1.807) is 16.8 Å². The van der Waals surface area contributed by atoms with Crippen LogP contribution in [0.5, 0.6) is 0 Å². The first-order valence-electron chi connectivity index (χ1n) is 7.70. The predicted molar refractivity (Wildman–Crippen MR) is 96.5 cm³/mol. The average molecular weight is 339 g/mol. The van der Waals surface area contributed by atoms with Gasteiger partial charge in [-0.1, -0.05) is 37.3 Å². The van der Waals surface area contributed by atoms with Crippen LogP contribution < -0.4 is 10.9 Å². The van der Waals surface area contributed by atoms with Crippen molar-refractivity contribution in [2.24, 2.45) is 0 Å². The molecule has 24 heavy (non-hydrogen) atoms. The highest BCUT2D eigenvalue weighted by Crippen LogP contribution is 2.22. The molecule has 1 amide bonds. The number of benzene rings is 1. The lowest BCUT2D eigenvalue weighted by molar-refractivity contribution is 0.102. The van der Waals surface area contributed by atoms with Gasteiger partial charge < -0.3 is 9.88 Å². The minimum atomic E-state index is -0.274. The largest absolute Gasteiger partial charge is 0.319 e. The number of amides is 1. The first-order valence-corrected chi connectivity index (χ1v) is 8.58. The molecule has 5 nitrogen and oxygen atoms in total. The molecule has 0 saturated carbocycles. The molecule has 0 aliphatic carbocycles. The van der Waals surface area contributed by atoms with Crippen LogP contribution in [0, 0.1) is 0 Å². The lowest BCUT2D eigenvalue weighted by Crippen LogP contribution is -2.20. The molecule has 2 heterocycles. The Balaban J connectivity index is 1.77. The van der Waals surface area contributed by atoms with E-state index in [9.17, 15) is 9.59 Å². The fourth-order valence-corrected chi connectivity index (χ4v) is 3.05. The van der Waals surface area contributed by atoms with Crippen molar-refractivity contribution < 1.29 is 4.79 Å². The van der Waals surface area contributed by atoms with Crippen LogP contribution in [0.25, 0.3) is 11.3 Å². The summed E-state index contributed by atoms with van der Waals surface area (Å²) in [5, 5.41) is 5.05. The van der Waals surface area contributed by atoms with Crippen molar-refractivity contribution in [2.45, 2.75) is 19.9 Å². The number of hydrogen-bond acceptors (Lipinski definition) is 4. The van der Waals surface area contributed by atoms with Gasteiger partial charge in [-0.25, -0.2) is 4.98 Å². The van der Waals surface area contributed by atoms with Crippen molar-refractivity contribution in [3.8, 4) is 11.3 Å². The van der Waals surface area contributed by atoms with Gasteiger partial charge in [0.05, 0.1) is 11.4 Å². The van der Waals surface area contributed by atoms with Crippen LogP contribution in [0.3, 0.4) is 0 Å². The zero-order valence-electron chi connectivity index (χ0n) is 13.2. The number of aromatic nitrogens is 2. The highest BCUT2D eigenvalue weighted by Gasteiger charge is 2.12. The van der Waals surface area contributed by atoms with Gasteiger partial charge in [-0.15, -0.1) is 11.3 Å². The van der Waals surface area contributed by atoms with Crippen LogP contribution in [0.4, 0.5) is 5.69 Å². The first kappa shape index (κ1) is 16.1. The summed E-state index contributed by atoms with van der Waals surface area (Å²) < 4.78 is 1.59. The number of carbonyl (C=O) groups excluding carboxylic acids is 1. The smallest absolute Gasteiger partial charge is 0.284 e. The van der Waals surface area contributed by atoms with E-state index >= 15 is 0 Å². The van der Waals surface area contributed by atoms with Gasteiger partial charge in [-0.2, -0.15) is 0 Å². The summed E-state index contributed by atoms with van der Waals surface area (Å²) in [7, 11) is 0. The van der Waals surface area contributed by atoms with Gasteiger partial charge in [0.1, 0.15) is 0 Å². The fraction of sp³-hybridized carbons (Fsp3) is 0.167. The second kappa shape index (κ2) is 7.23. The SMILES string of the molecule is CCCn1cc(NC(=O)c2nc(-c3ccccc3)cs2)ccc1=O. The van der Waals surface area contributed by atoms with Crippen molar-refractivity contribution in [2.75, 3.05) is 5.32 Å². The minimum absolute atomic E-state index is 0.0736. The zero-order valence-corrected chi connectivity index (χ0v) is 14.0. The monoisotopic (exact) mass is 339 g/mol. The van der Waals surface area contributed by atoms with Crippen LogP contribution >= 0.6 is 11.3 Å². The van der Waals surface area contributed by atoms with Gasteiger partial charge in [0.2, 0.25) is 0 Å². The standard InChI is InChI=1S/C18H17N3O2S/c1-2-10-21-11-14(8-9-16(21)22)19-17(23)18-20-15(12-24-18)13-6-4-3-5-7-13/h3-9,11-12H,2,10H2,1H3,(H,19,23). The van der Waals surface area contributed by atoms with Crippen molar-refractivity contribution in [1.82, 2.24) is 9.55 Å². The molecule has 1 aromatic carbocycles. The Hall–Kier alpha value is -2.73. The van der Waals surface area contributed by atoms with Crippen LogP contribution in [0.2, 0.25) is 0 Å². The van der Waals surface area contributed by atoms with Gasteiger partial charge in [0, 0.05) is 29.8 Å². The molecule has 0 fully saturated rings. The third-order valence-electron chi connectivity index (χ3n) is 3.47. The van der Waals surface area contributed by atoms with E-state index in [1.807, 2.05) is 42.6 Å². The summed E-state index contributed by atoms with van der Waals surface area (Å²) in [6.45, 7) is 2.62. The van der Waals surface area contributed by atoms with Gasteiger partial charge in [0.15, 0.2) is 5.01 Å². The van der Waals surface area contributed by atoms with Gasteiger partial charge in [0.25, 0.3) is 11.5 Å². The number of rotatable bonds is 5. The Kier molecular flexibility index (Phi) is 4.86. The molecular weight excluding hydrogens is 322 g/mol. The van der Waals surface area contributed by atoms with Gasteiger partial charge in [-0.3, -0.25) is 9.59 Å². The molecule has 0 aliphatic heterocycles. The van der Waals surface area contributed by atoms with Crippen molar-refractivity contribution in [3.05, 3.63) is 69.4 Å². The molecule has 0 spiro atoms. The third-order valence-corrected chi connectivity index (χ3v) is 4.31. The second-order valence-electron chi connectivity index (χ2n) is 5.31. The Bertz CT molecular complexity index is 900. The van der Waals surface area contributed by atoms with Gasteiger partial charge >= 0.3 is 0 Å². The highest BCUT2D eigenvalue weighted by atomic mass is 32.1. The number of pyridine rings is 1. The third kappa shape index (κ3) is 3.60. The Morgan fingerprint density at radius 1 is 1.21 bits per heavy atom. The molecule has 0 radical (unpaired) electrons. The van der Waals surface area contributed by atoms with E-state index < -0.39 is 0 Å². The molecule has 0 unspecified atom stereocenters. The molecule has 6 heteroatoms. The molecule has 0 aliphatic rings. The molecule has 0 bridgehead atoms. The molecule has 1 N–H and O–H groups in total. The Labute approximate surface area is 143 Å². The van der Waals surface area contributed by atoms with Gasteiger partial charge in [-0.05, 0) is 12.5 Å². The maximum atomic E-state index is 12.4. The first-order chi connectivity index (χ1) is 11.7. The topological polar surface area (TPSA) is 64.0 Å². The summed E-state index contributed by atoms with van der Waals surface area (Å²) in [6.07, 6.45) is 2.51. The maximum absolute atomic E-state index is 12.4. The van der Waals surface area contributed by atoms with Crippen molar-refractivity contribution >= 4 is 22.9 Å². The van der Waals surface area contributed by atoms with E-state index in [0.29, 0.717) is 17.2 Å². The van der Waals surface area contributed by atoms with Crippen LogP contribution in [0.15, 0.2) is 58.8 Å². The van der Waals surface area contributed by atoms with E-state index in [0.717, 1.165) is 17.7 Å². The normalized spacial score (nSPS) is 10.5. The lowest BCUT2D eigenvalue weighted by atomic mass is 10.2. The molecule has 0 atom stereocenters. The molecule has 3 rings (SSSR count). The van der Waals surface area contributed by atoms with Crippen molar-refractivity contribution in [1.29, 1.82) is 0 Å². The van der Waals surface area contributed by atoms with E-state index in [2.05, 4.69) is 10.3 Å². The average Bonchev–Trinajstić information content (AvgIpc) is 3.09. The lowest BCUT2D eigenvalue weighted by Gasteiger charge is -2.07. The zero-order chi connectivity index (χ0) is 16.9. The summed E-state index contributed by atoms with van der Waals surface area (Å²) in [6, 6.07) is 12.8. The number of aryl methyl sites for hydroxylation is 1. The summed E-state index contributed by atoms with van der Waals surface area (Å²) in [5.74, 6) is -0.274. The summed E-state index contributed by atoms with van der Waals surface area (Å²) in [4.78, 5) is 28.5. The van der Waals surface area contributed by atoms with E-state index in [-0.39, 0.29) is 11.5 Å². The summed E-state index contributed by atoms with van der Waals surface area (Å²) >= 11 is 1.30. The Morgan fingerprint density at radius 3 is 2.75 bits per heavy atom.